The van der Waals surface area contributed by atoms with Gasteiger partial charge in [-0.05, 0) is 37.5 Å². The van der Waals surface area contributed by atoms with Crippen LogP contribution in [0, 0.1) is 0 Å². The van der Waals surface area contributed by atoms with Gasteiger partial charge in [-0.25, -0.2) is 4.68 Å². The summed E-state index contributed by atoms with van der Waals surface area (Å²) in [6.07, 6.45) is 9.89. The predicted octanol–water partition coefficient (Wildman–Crippen LogP) is 1.81. The molecule has 0 aliphatic heterocycles. The van der Waals surface area contributed by atoms with Crippen LogP contribution in [0.15, 0.2) is 43.0 Å². The molecule has 0 fully saturated rings. The van der Waals surface area contributed by atoms with Gasteiger partial charge in [0.15, 0.2) is 0 Å². The van der Waals surface area contributed by atoms with Gasteiger partial charge in [0, 0.05) is 36.9 Å². The number of rotatable bonds is 3. The maximum Gasteiger partial charge on any atom is 0.270 e. The number of carbonyl (C=O) groups is 1. The van der Waals surface area contributed by atoms with Crippen LogP contribution in [0.25, 0.3) is 5.69 Å². The zero-order valence-electron chi connectivity index (χ0n) is 13.4. The van der Waals surface area contributed by atoms with Crippen molar-refractivity contribution in [1.82, 2.24) is 29.9 Å². The maximum atomic E-state index is 12.5. The summed E-state index contributed by atoms with van der Waals surface area (Å²) in [6.45, 7) is 0. The van der Waals surface area contributed by atoms with Crippen LogP contribution in [0.3, 0.4) is 0 Å². The number of nitrogens with one attached hydrogen (secondary N) is 1. The molecule has 3 aromatic heterocycles. The second kappa shape index (κ2) is 5.92. The van der Waals surface area contributed by atoms with E-state index in [0.717, 1.165) is 36.2 Å². The lowest BCUT2D eigenvalue weighted by molar-refractivity contribution is 0.0923. The molecule has 0 bridgehead atoms. The van der Waals surface area contributed by atoms with Gasteiger partial charge in [-0.1, -0.05) is 0 Å². The third-order valence-corrected chi connectivity index (χ3v) is 4.45. The second-order valence-electron chi connectivity index (χ2n) is 5.92. The molecule has 122 valence electrons. The Bertz CT molecular complexity index is 866. The number of hydrogen-bond donors (Lipinski definition) is 1. The molecule has 1 atom stereocenters. The van der Waals surface area contributed by atoms with Crippen molar-refractivity contribution in [2.45, 2.75) is 25.3 Å². The van der Waals surface area contributed by atoms with E-state index in [-0.39, 0.29) is 11.9 Å². The average molecular weight is 322 g/mol. The molecule has 1 amide bonds. The van der Waals surface area contributed by atoms with Gasteiger partial charge < -0.3 is 5.32 Å². The van der Waals surface area contributed by atoms with Gasteiger partial charge in [0.25, 0.3) is 5.91 Å². The second-order valence-corrected chi connectivity index (χ2v) is 5.92. The van der Waals surface area contributed by atoms with Crippen molar-refractivity contribution in [1.29, 1.82) is 0 Å². The monoisotopic (exact) mass is 322 g/mol. The lowest BCUT2D eigenvalue weighted by Gasteiger charge is -2.24. The standard InChI is InChI=1S/C17H18N6O/c1-22-16(7-10-19-22)17(24)21-14-3-2-4-15-13(14)11-20-23(15)12-5-8-18-9-6-12/h5-11,14H,2-4H2,1H3,(H,21,24)/t14-/m1/s1. The molecule has 7 heteroatoms. The van der Waals surface area contributed by atoms with Crippen LogP contribution < -0.4 is 5.32 Å². The fourth-order valence-electron chi connectivity index (χ4n) is 3.24. The first-order valence-electron chi connectivity index (χ1n) is 8.00. The molecule has 24 heavy (non-hydrogen) atoms. The van der Waals surface area contributed by atoms with E-state index in [1.807, 2.05) is 23.0 Å². The van der Waals surface area contributed by atoms with Gasteiger partial charge in [0.2, 0.25) is 0 Å². The van der Waals surface area contributed by atoms with Crippen LogP contribution >= 0.6 is 0 Å². The summed E-state index contributed by atoms with van der Waals surface area (Å²) >= 11 is 0. The summed E-state index contributed by atoms with van der Waals surface area (Å²) in [5.74, 6) is -0.107. The van der Waals surface area contributed by atoms with E-state index in [1.165, 1.54) is 0 Å². The quantitative estimate of drug-likeness (QED) is 0.798. The van der Waals surface area contributed by atoms with Crippen LogP contribution in [0.5, 0.6) is 0 Å². The Morgan fingerprint density at radius 1 is 1.21 bits per heavy atom. The number of hydrogen-bond acceptors (Lipinski definition) is 4. The van der Waals surface area contributed by atoms with Crippen LogP contribution in [-0.4, -0.2) is 30.5 Å². The highest BCUT2D eigenvalue weighted by molar-refractivity contribution is 5.92. The molecule has 0 aromatic carbocycles. The summed E-state index contributed by atoms with van der Waals surface area (Å²) in [5.41, 5.74) is 3.80. The largest absolute Gasteiger partial charge is 0.344 e. The Morgan fingerprint density at radius 2 is 2.04 bits per heavy atom. The molecule has 1 aliphatic rings. The van der Waals surface area contributed by atoms with Crippen LogP contribution in [0.4, 0.5) is 0 Å². The van der Waals surface area contributed by atoms with E-state index in [2.05, 4.69) is 20.5 Å². The Morgan fingerprint density at radius 3 is 2.79 bits per heavy atom. The van der Waals surface area contributed by atoms with Crippen molar-refractivity contribution in [2.75, 3.05) is 0 Å². The number of aromatic nitrogens is 5. The number of fused-ring (bicyclic) bond motifs is 1. The third-order valence-electron chi connectivity index (χ3n) is 4.45. The molecule has 0 saturated heterocycles. The van der Waals surface area contributed by atoms with Gasteiger partial charge in [-0.15, -0.1) is 0 Å². The van der Waals surface area contributed by atoms with E-state index in [0.29, 0.717) is 5.69 Å². The van der Waals surface area contributed by atoms with Crippen molar-refractivity contribution >= 4 is 5.91 Å². The molecule has 3 heterocycles. The first kappa shape index (κ1) is 14.6. The zero-order chi connectivity index (χ0) is 16.5. The van der Waals surface area contributed by atoms with Crippen molar-refractivity contribution in [3.63, 3.8) is 0 Å². The maximum absolute atomic E-state index is 12.5. The minimum Gasteiger partial charge on any atom is -0.344 e. The molecule has 0 radical (unpaired) electrons. The number of nitrogens with zero attached hydrogens (tertiary/aromatic N) is 5. The lowest BCUT2D eigenvalue weighted by atomic mass is 9.92. The summed E-state index contributed by atoms with van der Waals surface area (Å²) in [4.78, 5) is 16.5. The van der Waals surface area contributed by atoms with E-state index in [4.69, 9.17) is 0 Å². The molecule has 1 N–H and O–H groups in total. The first-order chi connectivity index (χ1) is 11.7. The zero-order valence-corrected chi connectivity index (χ0v) is 13.4. The molecular formula is C17H18N6O. The number of carbonyl (C=O) groups excluding carboxylic acids is 1. The van der Waals surface area contributed by atoms with Crippen LogP contribution in [0.2, 0.25) is 0 Å². The molecule has 3 aromatic rings. The topological polar surface area (TPSA) is 77.6 Å². The molecule has 0 saturated carbocycles. The van der Waals surface area contributed by atoms with E-state index >= 15 is 0 Å². The Kier molecular flexibility index (Phi) is 3.60. The van der Waals surface area contributed by atoms with Gasteiger partial charge in [0.1, 0.15) is 5.69 Å². The highest BCUT2D eigenvalue weighted by atomic mass is 16.2. The molecule has 1 aliphatic carbocycles. The third kappa shape index (κ3) is 2.47. The number of aryl methyl sites for hydroxylation is 1. The minimum absolute atomic E-state index is 0.0215. The highest BCUT2D eigenvalue weighted by Crippen LogP contribution is 2.31. The van der Waals surface area contributed by atoms with Gasteiger partial charge in [0.05, 0.1) is 17.9 Å². The van der Waals surface area contributed by atoms with Gasteiger partial charge >= 0.3 is 0 Å². The van der Waals surface area contributed by atoms with E-state index < -0.39 is 0 Å². The Labute approximate surface area is 139 Å². The SMILES string of the molecule is Cn1nccc1C(=O)N[C@@H]1CCCc2c1cnn2-c1ccncc1. The lowest BCUT2D eigenvalue weighted by Crippen LogP contribution is -2.32. The summed E-state index contributed by atoms with van der Waals surface area (Å²) in [6, 6.07) is 5.57. The number of pyridine rings is 1. The number of amides is 1. The smallest absolute Gasteiger partial charge is 0.270 e. The Hall–Kier alpha value is -2.96. The van der Waals surface area contributed by atoms with Crippen LogP contribution in [-0.2, 0) is 13.5 Å². The molecule has 0 spiro atoms. The summed E-state index contributed by atoms with van der Waals surface area (Å²) < 4.78 is 3.53. The van der Waals surface area contributed by atoms with Crippen molar-refractivity contribution in [2.24, 2.45) is 7.05 Å². The first-order valence-corrected chi connectivity index (χ1v) is 8.00. The van der Waals surface area contributed by atoms with Crippen molar-refractivity contribution in [3.05, 3.63) is 59.9 Å². The molecule has 4 rings (SSSR count). The Balaban J connectivity index is 1.62. The fraction of sp³-hybridized carbons (Fsp3) is 0.294. The minimum atomic E-state index is -0.107. The molecule has 7 nitrogen and oxygen atoms in total. The van der Waals surface area contributed by atoms with E-state index in [9.17, 15) is 4.79 Å². The summed E-state index contributed by atoms with van der Waals surface area (Å²) in [7, 11) is 1.77. The predicted molar refractivity (Wildman–Crippen MR) is 87.7 cm³/mol. The van der Waals surface area contributed by atoms with E-state index in [1.54, 1.807) is 36.4 Å². The highest BCUT2D eigenvalue weighted by Gasteiger charge is 2.26. The fourth-order valence-corrected chi connectivity index (χ4v) is 3.24. The van der Waals surface area contributed by atoms with Crippen molar-refractivity contribution < 1.29 is 4.79 Å². The molecule has 0 unspecified atom stereocenters. The van der Waals surface area contributed by atoms with Crippen LogP contribution in [0.1, 0.15) is 40.6 Å². The summed E-state index contributed by atoms with van der Waals surface area (Å²) in [5, 5.41) is 11.7. The van der Waals surface area contributed by atoms with Crippen molar-refractivity contribution in [3.8, 4) is 5.69 Å². The van der Waals surface area contributed by atoms with Gasteiger partial charge in [-0.3, -0.25) is 14.5 Å². The van der Waals surface area contributed by atoms with Gasteiger partial charge in [-0.2, -0.15) is 10.2 Å². The molecular weight excluding hydrogens is 304 g/mol. The normalized spacial score (nSPS) is 16.6. The average Bonchev–Trinajstić information content (AvgIpc) is 3.22.